The fraction of sp³-hybridized carbons (Fsp3) is 0.714. The zero-order chi connectivity index (χ0) is 14.2. The van der Waals surface area contributed by atoms with Crippen molar-refractivity contribution in [1.82, 2.24) is 3.26 Å². The van der Waals surface area contributed by atoms with Gasteiger partial charge in [0.05, 0.1) is 0 Å². The molecular weight excluding hydrogens is 400 g/mol. The van der Waals surface area contributed by atoms with Gasteiger partial charge >= 0.3 is 120 Å². The van der Waals surface area contributed by atoms with Gasteiger partial charge in [0.2, 0.25) is 0 Å². The molecule has 0 aromatic carbocycles. The van der Waals surface area contributed by atoms with Gasteiger partial charge in [0, 0.05) is 0 Å². The van der Waals surface area contributed by atoms with Crippen LogP contribution in [0, 0.1) is 0 Å². The summed E-state index contributed by atoms with van der Waals surface area (Å²) in [6, 6.07) is 0. The molecule has 1 atom stereocenters. The van der Waals surface area contributed by atoms with Crippen LogP contribution in [0.1, 0.15) is 27.2 Å². The molecule has 6 heteroatoms. The average Bonchev–Trinajstić information content (AvgIpc) is 2.62. The number of rotatable bonds is 4. The van der Waals surface area contributed by atoms with Gasteiger partial charge in [0.1, 0.15) is 0 Å². The molecule has 20 heavy (non-hydrogen) atoms. The molecule has 0 bridgehead atoms. The van der Waals surface area contributed by atoms with Crippen LogP contribution < -0.4 is 3.26 Å². The van der Waals surface area contributed by atoms with Gasteiger partial charge in [-0.05, 0) is 0 Å². The Morgan fingerprint density at radius 3 is 1.90 bits per heavy atom. The second-order valence-electron chi connectivity index (χ2n) is 7.91. The Labute approximate surface area is 144 Å². The third kappa shape index (κ3) is 5.21. The van der Waals surface area contributed by atoms with Crippen molar-refractivity contribution in [2.45, 2.75) is 65.5 Å². The summed E-state index contributed by atoms with van der Waals surface area (Å²) in [5.74, 6) is -0.647. The molecule has 0 fully saturated rings. The van der Waals surface area contributed by atoms with Crippen molar-refractivity contribution in [2.75, 3.05) is 0 Å². The van der Waals surface area contributed by atoms with Gasteiger partial charge in [-0.2, -0.15) is 0 Å². The summed E-state index contributed by atoms with van der Waals surface area (Å²) < 4.78 is 6.14. The van der Waals surface area contributed by atoms with Crippen molar-refractivity contribution in [2.24, 2.45) is 0 Å². The maximum absolute atomic E-state index is 4.28. The molecule has 0 aromatic heterocycles. The third-order valence-electron chi connectivity index (χ3n) is 3.90. The first-order chi connectivity index (χ1) is 8.01. The minimum Gasteiger partial charge on any atom is -0.147 e. The molecule has 0 aliphatic heterocycles. The molecule has 0 heterocycles. The summed E-state index contributed by atoms with van der Waals surface area (Å²) in [6.07, 6.45) is 8.37. The monoisotopic (exact) mass is 431 g/mol. The van der Waals surface area contributed by atoms with Gasteiger partial charge in [0.15, 0.2) is 0 Å². The molecule has 1 N–H and O–H groups in total. The maximum Gasteiger partial charge on any atom is -0.147 e. The molecule has 1 unspecified atom stereocenters. The smallest absolute Gasteiger partial charge is 0.147 e. The quantitative estimate of drug-likeness (QED) is 0.619. The summed E-state index contributed by atoms with van der Waals surface area (Å²) >= 11 is -2.36. The molecule has 0 saturated carbocycles. The summed E-state index contributed by atoms with van der Waals surface area (Å²) in [5.41, 5.74) is 0.275. The Morgan fingerprint density at radius 2 is 1.65 bits per heavy atom. The summed E-state index contributed by atoms with van der Waals surface area (Å²) in [4.78, 5) is 0. The molecule has 1 aliphatic rings. The Hall–Kier alpha value is 1.34. The van der Waals surface area contributed by atoms with Crippen LogP contribution in [0.25, 0.3) is 0 Å². The van der Waals surface area contributed by atoms with Crippen LogP contribution in [0.5, 0.6) is 0 Å². The minimum atomic E-state index is -2.36. The molecule has 0 saturated heterocycles. The predicted octanol–water partition coefficient (Wildman–Crippen LogP) is 4.95. The van der Waals surface area contributed by atoms with E-state index in [1.165, 1.54) is 6.42 Å². The largest absolute Gasteiger partial charge is 0.147 e. The first-order valence-corrected chi connectivity index (χ1v) is 23.9. The predicted molar refractivity (Wildman–Crippen MR) is 101 cm³/mol. The number of halogens is 2. The number of hydrogen-bond acceptors (Lipinski definition) is 1. The molecule has 1 nitrogen and oxygen atoms in total. The zero-order valence-corrected chi connectivity index (χ0v) is 20.6. The third-order valence-corrected chi connectivity index (χ3v) is 75.7. The number of nitrogens with one attached hydrogen (secondary N) is 1. The summed E-state index contributed by atoms with van der Waals surface area (Å²) in [6.45, 7) is 20.1. The van der Waals surface area contributed by atoms with E-state index in [0.717, 1.165) is 0 Å². The van der Waals surface area contributed by atoms with E-state index in [2.05, 4.69) is 75.0 Å². The molecule has 0 aromatic rings. The fourth-order valence-corrected chi connectivity index (χ4v) is 81.0. The van der Waals surface area contributed by atoms with Crippen molar-refractivity contribution in [3.05, 3.63) is 21.5 Å². The van der Waals surface area contributed by atoms with Crippen LogP contribution in [0.2, 0.25) is 32.7 Å². The Bertz CT molecular complexity index is 370. The molecule has 0 spiro atoms. The Morgan fingerprint density at radius 1 is 1.15 bits per heavy atom. The van der Waals surface area contributed by atoms with Crippen molar-refractivity contribution in [1.29, 1.82) is 0 Å². The first-order valence-electron chi connectivity index (χ1n) is 7.16. The summed E-state index contributed by atoms with van der Waals surface area (Å²) in [5, 5.41) is -1.12. The van der Waals surface area contributed by atoms with Crippen molar-refractivity contribution >= 4 is 35.9 Å². The number of hydrogen-bond donors (Lipinski definition) is 1. The van der Waals surface area contributed by atoms with E-state index in [-0.39, 0.29) is 30.4 Å². The maximum atomic E-state index is 4.28. The second-order valence-corrected chi connectivity index (χ2v) is 53.7. The van der Waals surface area contributed by atoms with Crippen LogP contribution in [0.3, 0.4) is 0 Å². The van der Waals surface area contributed by atoms with Gasteiger partial charge in [0.25, 0.3) is 0 Å². The van der Waals surface area contributed by atoms with E-state index in [0.29, 0.717) is 0 Å². The minimum absolute atomic E-state index is 0. The van der Waals surface area contributed by atoms with Gasteiger partial charge in [-0.15, -0.1) is 24.8 Å². The molecule has 0 radical (unpaired) electrons. The topological polar surface area (TPSA) is 12.0 Å². The SMILES string of the molecule is C[SiH](C)[Zr]([NH]C(C)(C)C)([C]1=CC=CC1)[Si](C)(C)C.Cl.Cl. The molecule has 120 valence electrons. The van der Waals surface area contributed by atoms with Crippen molar-refractivity contribution in [3.8, 4) is 0 Å². The van der Waals surface area contributed by atoms with Crippen molar-refractivity contribution < 1.29 is 18.9 Å². The van der Waals surface area contributed by atoms with Crippen LogP contribution in [-0.4, -0.2) is 16.7 Å². The van der Waals surface area contributed by atoms with Crippen LogP contribution in [0.15, 0.2) is 21.5 Å². The van der Waals surface area contributed by atoms with Gasteiger partial charge in [-0.1, -0.05) is 0 Å². The van der Waals surface area contributed by atoms with E-state index < -0.39 is 30.0 Å². The van der Waals surface area contributed by atoms with E-state index >= 15 is 0 Å². The van der Waals surface area contributed by atoms with E-state index in [9.17, 15) is 0 Å². The van der Waals surface area contributed by atoms with Crippen LogP contribution in [0.4, 0.5) is 0 Å². The molecule has 0 amide bonds. The normalized spacial score (nSPS) is 18.1. The van der Waals surface area contributed by atoms with Gasteiger partial charge in [-0.25, -0.2) is 0 Å². The van der Waals surface area contributed by atoms with Gasteiger partial charge < -0.3 is 0 Å². The van der Waals surface area contributed by atoms with Crippen molar-refractivity contribution in [3.63, 3.8) is 0 Å². The fourth-order valence-electron chi connectivity index (χ4n) is 3.46. The second kappa shape index (κ2) is 8.26. The average molecular weight is 434 g/mol. The molecule has 1 rings (SSSR count). The van der Waals surface area contributed by atoms with E-state index in [1.54, 1.807) is 0 Å². The first kappa shape index (κ1) is 23.6. The van der Waals surface area contributed by atoms with Crippen LogP contribution in [-0.2, 0) is 18.9 Å². The van der Waals surface area contributed by atoms with E-state index in [1.807, 2.05) is 3.28 Å². The standard InChI is InChI=1S/C5H5.C4H10N.C3H9Si.C2H7Si.2ClH.Zr/c1-2-4-5-3-1;1-4(2,3)5;1-4(2)3;1-3-2;;;/h1-3H,4H2;5H,1-3H3;1-3H3;3H,1-2H3;2*1H;/q;-1;;;;;+1. The number of allylic oxidation sites excluding steroid dienone is 4. The molecule has 1 aliphatic carbocycles. The van der Waals surface area contributed by atoms with Crippen LogP contribution >= 0.6 is 24.8 Å². The van der Waals surface area contributed by atoms with Gasteiger partial charge in [-0.3, -0.25) is 0 Å². The zero-order valence-electron chi connectivity index (χ0n) is 14.3. The van der Waals surface area contributed by atoms with E-state index in [4.69, 9.17) is 0 Å². The summed E-state index contributed by atoms with van der Waals surface area (Å²) in [7, 11) is 0. The Balaban J connectivity index is 0. The Kier molecular flexibility index (Phi) is 9.75. The molecular formula is C14H33Cl2NSi2Zr.